The van der Waals surface area contributed by atoms with Crippen molar-refractivity contribution in [2.75, 3.05) is 0 Å². The van der Waals surface area contributed by atoms with Crippen LogP contribution in [0.1, 0.15) is 1.43 Å². The normalized spacial score (nSPS) is 9.62. The van der Waals surface area contributed by atoms with Gasteiger partial charge in [0, 0.05) is 0 Å². The maximum absolute atomic E-state index is 9.41. The molecule has 7 heteroatoms. The number of amides is 1. The second-order valence-electron chi connectivity index (χ2n) is 0.794. The van der Waals surface area contributed by atoms with Gasteiger partial charge < -0.3 is 7.16 Å². The summed E-state index contributed by atoms with van der Waals surface area (Å²) < 4.78 is 26.4. The van der Waals surface area contributed by atoms with E-state index in [1.54, 1.807) is 0 Å². The molecule has 0 aliphatic heterocycles. The zero-order chi connectivity index (χ0) is 6.08. The molecular weight excluding hydrogens is 161 g/mol. The summed E-state index contributed by atoms with van der Waals surface area (Å²) in [5.74, 6) is 0. The Morgan fingerprint density at radius 2 is 1.75 bits per heavy atom. The van der Waals surface area contributed by atoms with Crippen molar-refractivity contribution < 1.29 is 70.6 Å². The molecule has 0 unspecified atom stereocenters. The molecule has 3 N–H and O–H groups in total. The minimum atomic E-state index is -4.60. The van der Waals surface area contributed by atoms with Crippen LogP contribution in [0, 0.1) is 0 Å². The first-order valence-corrected chi connectivity index (χ1v) is 2.65. The summed E-state index contributed by atoms with van der Waals surface area (Å²) in [6, 6.07) is 0. The molecule has 0 aliphatic rings. The summed E-state index contributed by atoms with van der Waals surface area (Å²) in [6.07, 6.45) is 0. The topological polar surface area (TPSA) is 97.5 Å². The largest absolute Gasteiger partial charge is 1.00 e. The van der Waals surface area contributed by atoms with Crippen molar-refractivity contribution in [1.82, 2.24) is 0 Å². The van der Waals surface area contributed by atoms with Crippen molar-refractivity contribution in [3.63, 3.8) is 0 Å². The smallest absolute Gasteiger partial charge is 1.00 e. The molecule has 0 atom stereocenters. The van der Waals surface area contributed by atoms with Crippen molar-refractivity contribution in [1.29, 1.82) is 0 Å². The fourth-order valence-electron chi connectivity index (χ4n) is 0. The standard InChI is InChI=1S/CH3NO4S.K.H/c2-1(3)7(4,5)6;;/h(H2,2,3)(H,4,5,6);;/q;+1;-1. The van der Waals surface area contributed by atoms with E-state index in [0.717, 1.165) is 0 Å². The van der Waals surface area contributed by atoms with Crippen molar-refractivity contribution in [2.45, 2.75) is 0 Å². The molecule has 5 nitrogen and oxygen atoms in total. The van der Waals surface area contributed by atoms with Gasteiger partial charge in [0.15, 0.2) is 0 Å². The van der Waals surface area contributed by atoms with Gasteiger partial charge in [-0.25, -0.2) is 0 Å². The van der Waals surface area contributed by atoms with Gasteiger partial charge >= 0.3 is 66.7 Å². The molecule has 0 aliphatic carbocycles. The third-order valence-electron chi connectivity index (χ3n) is 0.254. The molecule has 0 saturated carbocycles. The van der Waals surface area contributed by atoms with Crippen LogP contribution >= 0.6 is 0 Å². The Labute approximate surface area is 90.3 Å². The average Bonchev–Trinajstić information content (AvgIpc) is 1.31. The second kappa shape index (κ2) is 3.93. The minimum Gasteiger partial charge on any atom is -1.00 e. The zero-order valence-electron chi connectivity index (χ0n) is 5.16. The van der Waals surface area contributed by atoms with E-state index < -0.39 is 15.4 Å². The Morgan fingerprint density at radius 1 is 1.62 bits per heavy atom. The molecule has 44 valence electrons. The predicted molar refractivity (Wildman–Crippen MR) is 22.2 cm³/mol. The first-order chi connectivity index (χ1) is 2.94. The van der Waals surface area contributed by atoms with E-state index in [2.05, 4.69) is 5.73 Å². The molecule has 0 aromatic heterocycles. The molecule has 0 radical (unpaired) electrons. The van der Waals surface area contributed by atoms with E-state index in [-0.39, 0.29) is 52.8 Å². The Bertz CT molecular complexity index is 175. The summed E-state index contributed by atoms with van der Waals surface area (Å²) >= 11 is 0. The van der Waals surface area contributed by atoms with Crippen LogP contribution in [0.25, 0.3) is 0 Å². The molecule has 0 saturated heterocycles. The Balaban J connectivity index is -0.000000180. The van der Waals surface area contributed by atoms with Crippen molar-refractivity contribution >= 4 is 15.4 Å². The van der Waals surface area contributed by atoms with E-state index in [1.165, 1.54) is 0 Å². The molecule has 0 fully saturated rings. The Hall–Kier alpha value is 1.02. The fourth-order valence-corrected chi connectivity index (χ4v) is 0. The number of primary amides is 1. The van der Waals surface area contributed by atoms with Gasteiger partial charge in [-0.3, -0.25) is 9.35 Å². The minimum absolute atomic E-state index is 0. The van der Waals surface area contributed by atoms with Crippen molar-refractivity contribution in [3.8, 4) is 0 Å². The zero-order valence-corrected chi connectivity index (χ0v) is 8.10. The van der Waals surface area contributed by atoms with Crippen LogP contribution in [-0.4, -0.2) is 18.2 Å². The third-order valence-corrected chi connectivity index (χ3v) is 0.763. The number of hydrogen-bond acceptors (Lipinski definition) is 3. The molecule has 0 heterocycles. The number of carbonyl (C=O) groups excluding carboxylic acids is 1. The summed E-state index contributed by atoms with van der Waals surface area (Å²) in [6.45, 7) is 0. The van der Waals surface area contributed by atoms with Gasteiger partial charge in [0.1, 0.15) is 0 Å². The average molecular weight is 165 g/mol. The Morgan fingerprint density at radius 3 is 1.75 bits per heavy atom. The fraction of sp³-hybridized carbons (Fsp3) is 0. The molecule has 1 amide bonds. The molecule has 0 aromatic rings. The van der Waals surface area contributed by atoms with E-state index in [4.69, 9.17) is 4.55 Å². The van der Waals surface area contributed by atoms with E-state index >= 15 is 0 Å². The summed E-state index contributed by atoms with van der Waals surface area (Å²) in [4.78, 5) is 9.41. The molecule has 0 rings (SSSR count). The number of carbonyl (C=O) groups is 1. The SMILES string of the molecule is NC(=O)S(=O)(=O)O.[H-].[K+]. The molecule has 0 bridgehead atoms. The Kier molecular flexibility index (Phi) is 5.79. The van der Waals surface area contributed by atoms with E-state index in [0.29, 0.717) is 0 Å². The van der Waals surface area contributed by atoms with Gasteiger partial charge in [0.05, 0.1) is 0 Å². The van der Waals surface area contributed by atoms with Crippen LogP contribution < -0.4 is 57.1 Å². The maximum Gasteiger partial charge on any atom is 1.00 e. The molecular formula is CH4KNO4S. The predicted octanol–water partition coefficient (Wildman–Crippen LogP) is -3.93. The van der Waals surface area contributed by atoms with Gasteiger partial charge in [-0.05, 0) is 0 Å². The van der Waals surface area contributed by atoms with Crippen molar-refractivity contribution in [3.05, 3.63) is 0 Å². The van der Waals surface area contributed by atoms with Gasteiger partial charge in [-0.2, -0.15) is 8.42 Å². The molecule has 0 aromatic carbocycles. The third kappa shape index (κ3) is 5.16. The molecule has 8 heavy (non-hydrogen) atoms. The number of rotatable bonds is 0. The quantitative estimate of drug-likeness (QED) is 0.283. The van der Waals surface area contributed by atoms with Crippen molar-refractivity contribution in [2.24, 2.45) is 5.73 Å². The second-order valence-corrected chi connectivity index (χ2v) is 2.15. The van der Waals surface area contributed by atoms with Crippen LogP contribution in [0.2, 0.25) is 0 Å². The number of hydrogen-bond donors (Lipinski definition) is 2. The first kappa shape index (κ1) is 11.8. The van der Waals surface area contributed by atoms with Gasteiger partial charge in [0.2, 0.25) is 0 Å². The van der Waals surface area contributed by atoms with E-state index in [9.17, 15) is 13.2 Å². The van der Waals surface area contributed by atoms with Crippen LogP contribution in [0.15, 0.2) is 0 Å². The summed E-state index contributed by atoms with van der Waals surface area (Å²) in [7, 11) is -4.60. The monoisotopic (exact) mass is 165 g/mol. The van der Waals surface area contributed by atoms with Crippen LogP contribution in [0.5, 0.6) is 0 Å². The van der Waals surface area contributed by atoms with Crippen LogP contribution in [0.4, 0.5) is 4.79 Å². The van der Waals surface area contributed by atoms with Crippen LogP contribution in [-0.2, 0) is 10.1 Å². The molecule has 0 spiro atoms. The van der Waals surface area contributed by atoms with Crippen LogP contribution in [0.3, 0.4) is 0 Å². The maximum atomic E-state index is 9.41. The van der Waals surface area contributed by atoms with E-state index in [1.807, 2.05) is 0 Å². The summed E-state index contributed by atoms with van der Waals surface area (Å²) in [5.41, 5.74) is 4.09. The number of nitrogens with two attached hydrogens (primary N) is 1. The first-order valence-electron chi connectivity index (χ1n) is 1.21. The van der Waals surface area contributed by atoms with Gasteiger partial charge in [0.25, 0.3) is 0 Å². The summed E-state index contributed by atoms with van der Waals surface area (Å²) in [5, 5.41) is -1.73. The van der Waals surface area contributed by atoms with Gasteiger partial charge in [-0.15, -0.1) is 0 Å². The van der Waals surface area contributed by atoms with Gasteiger partial charge in [-0.1, -0.05) is 0 Å².